The van der Waals surface area contributed by atoms with Crippen LogP contribution in [0.25, 0.3) is 0 Å². The molecule has 0 saturated carbocycles. The van der Waals surface area contributed by atoms with Crippen molar-refractivity contribution in [2.75, 3.05) is 0 Å². The number of aromatic nitrogens is 1. The molecule has 4 N–H and O–H groups in total. The summed E-state index contributed by atoms with van der Waals surface area (Å²) in [5.41, 5.74) is 0. The molecule has 1 aromatic rings. The van der Waals surface area contributed by atoms with Crippen LogP contribution in [0.2, 0.25) is 0 Å². The van der Waals surface area contributed by atoms with Crippen LogP contribution in [0.15, 0.2) is 30.6 Å². The van der Waals surface area contributed by atoms with Gasteiger partial charge in [-0.3, -0.25) is 0 Å². The van der Waals surface area contributed by atoms with E-state index in [9.17, 15) is 5.21 Å². The third-order valence-corrected chi connectivity index (χ3v) is 0.688. The predicted octanol–water partition coefficient (Wildman–Crippen LogP) is -4.33. The predicted molar refractivity (Wildman–Crippen MR) is 32.6 cm³/mol. The molecule has 0 radical (unpaired) electrons. The molecule has 4 nitrogen and oxygen atoms in total. The zero-order valence-electron chi connectivity index (χ0n) is 5.53. The van der Waals surface area contributed by atoms with E-state index in [0.717, 1.165) is 4.73 Å². The van der Waals surface area contributed by atoms with Gasteiger partial charge in [-0.05, 0) is 0 Å². The molecule has 0 fully saturated rings. The molecule has 1 aromatic heterocycles. The Morgan fingerprint density at radius 2 is 1.27 bits per heavy atom. The van der Waals surface area contributed by atoms with E-state index in [1.807, 2.05) is 0 Å². The summed E-state index contributed by atoms with van der Waals surface area (Å²) in [6.45, 7) is 0. The summed E-state index contributed by atoms with van der Waals surface area (Å²) in [6.07, 6.45) is 2.89. The molecule has 0 aliphatic carbocycles. The standard InChI is InChI=1S/C5H5NO.ClH.Cr.2H2O/c7-6-4-2-1-3-5-6;;;;/h1-5H;1H;;2*1H2/q;;+2;;/p-1. The molecule has 0 atom stereocenters. The van der Waals surface area contributed by atoms with Crippen molar-refractivity contribution in [1.82, 2.24) is 0 Å². The molecule has 0 unspecified atom stereocenters. The first-order chi connectivity index (χ1) is 3.39. The fraction of sp³-hybridized carbons (Fsp3) is 0. The molecule has 0 amide bonds. The molecule has 0 aromatic carbocycles. The van der Waals surface area contributed by atoms with Crippen LogP contribution in [-0.2, 0) is 17.4 Å². The van der Waals surface area contributed by atoms with Gasteiger partial charge in [-0.15, -0.1) is 0 Å². The monoisotopic (exact) mass is 218 g/mol. The maximum Gasteiger partial charge on any atom is 2.00 e. The molecule has 0 aliphatic rings. The maximum atomic E-state index is 10.2. The van der Waals surface area contributed by atoms with Gasteiger partial charge in [0, 0.05) is 12.1 Å². The van der Waals surface area contributed by atoms with Gasteiger partial charge >= 0.3 is 17.4 Å². The SMILES string of the molecule is O.O.[Cl-].[Cr+2].[O-][n+]1ccccc1. The molecule has 0 bridgehead atoms. The molecule has 64 valence electrons. The summed E-state index contributed by atoms with van der Waals surface area (Å²) in [5, 5.41) is 10.2. The second kappa shape index (κ2) is 12.4. The largest absolute Gasteiger partial charge is 2.00 e. The molecule has 6 heteroatoms. The van der Waals surface area contributed by atoms with Crippen LogP contribution in [-0.4, -0.2) is 11.0 Å². The number of hydrogen-bond donors (Lipinski definition) is 0. The summed E-state index contributed by atoms with van der Waals surface area (Å²) >= 11 is 0. The van der Waals surface area contributed by atoms with Crippen LogP contribution < -0.4 is 17.1 Å². The molecule has 1 heterocycles. The van der Waals surface area contributed by atoms with Crippen molar-refractivity contribution in [1.29, 1.82) is 0 Å². The van der Waals surface area contributed by atoms with E-state index in [-0.39, 0.29) is 40.7 Å². The molecule has 0 saturated heterocycles. The third kappa shape index (κ3) is 9.69. The second-order valence-corrected chi connectivity index (χ2v) is 1.24. The zero-order valence-corrected chi connectivity index (χ0v) is 7.56. The minimum Gasteiger partial charge on any atom is -1.00 e. The van der Waals surface area contributed by atoms with Crippen molar-refractivity contribution in [3.63, 3.8) is 0 Å². The molecule has 0 spiro atoms. The minimum absolute atomic E-state index is 0. The smallest absolute Gasteiger partial charge is 1.00 e. The Bertz CT molecular complexity index is 152. The Balaban J connectivity index is -0.0000000612. The van der Waals surface area contributed by atoms with Crippen LogP contribution in [0, 0.1) is 5.21 Å². The van der Waals surface area contributed by atoms with Crippen LogP contribution in [0.1, 0.15) is 0 Å². The van der Waals surface area contributed by atoms with E-state index < -0.39 is 0 Å². The van der Waals surface area contributed by atoms with Crippen LogP contribution in [0.4, 0.5) is 0 Å². The van der Waals surface area contributed by atoms with Gasteiger partial charge in [0.05, 0.1) is 0 Å². The Kier molecular flexibility index (Phi) is 25.2. The topological polar surface area (TPSA) is 89.9 Å². The van der Waals surface area contributed by atoms with Crippen LogP contribution in [0.3, 0.4) is 0 Å². The average molecular weight is 219 g/mol. The number of hydrogen-bond acceptors (Lipinski definition) is 1. The first-order valence-electron chi connectivity index (χ1n) is 2.03. The van der Waals surface area contributed by atoms with Gasteiger partial charge in [-0.25, -0.2) is 0 Å². The number of nitrogens with zero attached hydrogens (tertiary/aromatic N) is 1. The van der Waals surface area contributed by atoms with Gasteiger partial charge in [0.2, 0.25) is 0 Å². The second-order valence-electron chi connectivity index (χ2n) is 1.24. The van der Waals surface area contributed by atoms with E-state index >= 15 is 0 Å². The third-order valence-electron chi connectivity index (χ3n) is 0.688. The quantitative estimate of drug-likeness (QED) is 0.320. The summed E-state index contributed by atoms with van der Waals surface area (Å²) < 4.78 is 0.750. The van der Waals surface area contributed by atoms with E-state index in [0.29, 0.717) is 0 Å². The Morgan fingerprint density at radius 3 is 1.45 bits per heavy atom. The first kappa shape index (κ1) is 22.4. The van der Waals surface area contributed by atoms with Gasteiger partial charge in [-0.2, -0.15) is 4.73 Å². The number of pyridine rings is 1. The molecule has 1 rings (SSSR count). The maximum absolute atomic E-state index is 10.2. The van der Waals surface area contributed by atoms with Gasteiger partial charge < -0.3 is 28.6 Å². The van der Waals surface area contributed by atoms with E-state index in [1.54, 1.807) is 18.2 Å². The minimum atomic E-state index is 0. The Labute approximate surface area is 81.6 Å². The number of halogens is 1. The van der Waals surface area contributed by atoms with Crippen molar-refractivity contribution in [2.45, 2.75) is 0 Å². The van der Waals surface area contributed by atoms with Crippen LogP contribution >= 0.6 is 0 Å². The summed E-state index contributed by atoms with van der Waals surface area (Å²) in [7, 11) is 0. The normalized spacial score (nSPS) is 5.45. The van der Waals surface area contributed by atoms with E-state index in [4.69, 9.17) is 0 Å². The molecular weight excluding hydrogens is 210 g/mol. The van der Waals surface area contributed by atoms with Crippen LogP contribution in [0.5, 0.6) is 0 Å². The first-order valence-corrected chi connectivity index (χ1v) is 2.03. The van der Waals surface area contributed by atoms with Gasteiger partial charge in [0.15, 0.2) is 12.4 Å². The van der Waals surface area contributed by atoms with Crippen molar-refractivity contribution in [2.24, 2.45) is 0 Å². The van der Waals surface area contributed by atoms with Gasteiger partial charge in [-0.1, -0.05) is 6.07 Å². The average Bonchev–Trinajstić information content (AvgIpc) is 1.69. The Hall–Kier alpha value is -0.308. The van der Waals surface area contributed by atoms with Gasteiger partial charge in [0.1, 0.15) is 0 Å². The zero-order chi connectivity index (χ0) is 5.11. The van der Waals surface area contributed by atoms with Crippen molar-refractivity contribution < 1.29 is 45.5 Å². The van der Waals surface area contributed by atoms with Crippen molar-refractivity contribution in [3.05, 3.63) is 35.8 Å². The fourth-order valence-electron chi connectivity index (χ4n) is 0.383. The summed E-state index contributed by atoms with van der Waals surface area (Å²) in [4.78, 5) is 0. The summed E-state index contributed by atoms with van der Waals surface area (Å²) in [5.74, 6) is 0. The molecule has 0 aliphatic heterocycles. The van der Waals surface area contributed by atoms with Crippen molar-refractivity contribution in [3.8, 4) is 0 Å². The van der Waals surface area contributed by atoms with Gasteiger partial charge in [0.25, 0.3) is 0 Å². The molecular formula is C5H9ClCrNO3+. The fourth-order valence-corrected chi connectivity index (χ4v) is 0.383. The number of rotatable bonds is 0. The van der Waals surface area contributed by atoms with E-state index in [1.165, 1.54) is 12.4 Å². The van der Waals surface area contributed by atoms with Crippen molar-refractivity contribution >= 4 is 0 Å². The molecule has 11 heavy (non-hydrogen) atoms. The van der Waals surface area contributed by atoms with E-state index in [2.05, 4.69) is 0 Å². The summed E-state index contributed by atoms with van der Waals surface area (Å²) in [6, 6.07) is 5.18. The Morgan fingerprint density at radius 1 is 0.909 bits per heavy atom.